The maximum atomic E-state index is 6.00. The van der Waals surface area contributed by atoms with Gasteiger partial charge in [-0.15, -0.1) is 0 Å². The third-order valence-corrected chi connectivity index (χ3v) is 5.31. The summed E-state index contributed by atoms with van der Waals surface area (Å²) in [5.41, 5.74) is 1.24. The number of para-hydroxylation sites is 1. The van der Waals surface area contributed by atoms with Crippen molar-refractivity contribution in [2.75, 3.05) is 37.7 Å². The molecule has 0 unspecified atom stereocenters. The van der Waals surface area contributed by atoms with Gasteiger partial charge in [0.1, 0.15) is 18.2 Å². The fraction of sp³-hybridized carbons (Fsp3) is 0.500. The van der Waals surface area contributed by atoms with E-state index < -0.39 is 0 Å². The van der Waals surface area contributed by atoms with E-state index in [0.29, 0.717) is 25.1 Å². The van der Waals surface area contributed by atoms with Crippen molar-refractivity contribution in [3.63, 3.8) is 0 Å². The zero-order chi connectivity index (χ0) is 21.2. The molecule has 30 heavy (non-hydrogen) atoms. The first kappa shape index (κ1) is 21.9. The van der Waals surface area contributed by atoms with E-state index in [2.05, 4.69) is 59.5 Å². The number of aromatic nitrogens is 1. The molecular weight excluding hydrogens is 374 g/mol. The summed E-state index contributed by atoms with van der Waals surface area (Å²) in [6, 6.07) is 14.8. The number of anilines is 1. The lowest BCUT2D eigenvalue weighted by Crippen LogP contribution is -2.49. The molecule has 2 N–H and O–H groups in total. The minimum absolute atomic E-state index is 0.422. The molecule has 1 aromatic heterocycles. The van der Waals surface area contributed by atoms with Crippen LogP contribution in [0.1, 0.15) is 45.1 Å². The van der Waals surface area contributed by atoms with Crippen LogP contribution in [0.3, 0.4) is 0 Å². The first-order valence-corrected chi connectivity index (χ1v) is 11.1. The Labute approximate surface area is 180 Å². The van der Waals surface area contributed by atoms with E-state index in [1.54, 1.807) is 0 Å². The minimum Gasteiger partial charge on any atom is -0.491 e. The number of nitrogens with zero attached hydrogens (tertiary/aromatic N) is 3. The van der Waals surface area contributed by atoms with Crippen LogP contribution in [0.15, 0.2) is 53.7 Å². The second-order valence-electron chi connectivity index (χ2n) is 7.90. The number of ether oxygens (including phenoxy) is 1. The van der Waals surface area contributed by atoms with E-state index in [4.69, 9.17) is 9.73 Å². The van der Waals surface area contributed by atoms with Crippen LogP contribution in [0.5, 0.6) is 5.75 Å². The summed E-state index contributed by atoms with van der Waals surface area (Å²) in [6.45, 7) is 10.5. The monoisotopic (exact) mass is 409 g/mol. The van der Waals surface area contributed by atoms with Crippen molar-refractivity contribution in [3.05, 3.63) is 54.2 Å². The first-order chi connectivity index (χ1) is 14.7. The summed E-state index contributed by atoms with van der Waals surface area (Å²) in [6.07, 6.45) is 4.00. The molecule has 0 spiro atoms. The Balaban J connectivity index is 1.47. The Morgan fingerprint density at radius 2 is 1.93 bits per heavy atom. The molecule has 0 saturated carbocycles. The molecule has 0 atom stereocenters. The van der Waals surface area contributed by atoms with Crippen LogP contribution in [-0.2, 0) is 0 Å². The summed E-state index contributed by atoms with van der Waals surface area (Å²) in [5.74, 6) is 3.34. The lowest BCUT2D eigenvalue weighted by Gasteiger charge is -2.33. The summed E-state index contributed by atoms with van der Waals surface area (Å²) in [5, 5.41) is 6.95. The molecule has 3 rings (SSSR count). The van der Waals surface area contributed by atoms with E-state index in [-0.39, 0.29) is 0 Å². The largest absolute Gasteiger partial charge is 0.491 e. The zero-order valence-corrected chi connectivity index (χ0v) is 18.5. The quantitative estimate of drug-likeness (QED) is 0.394. The van der Waals surface area contributed by atoms with E-state index in [9.17, 15) is 0 Å². The van der Waals surface area contributed by atoms with Crippen molar-refractivity contribution in [3.8, 4) is 5.75 Å². The molecule has 1 aliphatic heterocycles. The van der Waals surface area contributed by atoms with Gasteiger partial charge >= 0.3 is 0 Å². The highest BCUT2D eigenvalue weighted by Gasteiger charge is 2.20. The van der Waals surface area contributed by atoms with Gasteiger partial charge in [-0.3, -0.25) is 0 Å². The lowest BCUT2D eigenvalue weighted by atomic mass is 10.0. The molecule has 1 aromatic carbocycles. The lowest BCUT2D eigenvalue weighted by molar-refractivity contribution is 0.323. The molecule has 1 fully saturated rings. The number of rotatable bonds is 8. The van der Waals surface area contributed by atoms with Gasteiger partial charge in [-0.2, -0.15) is 0 Å². The third kappa shape index (κ3) is 6.37. The highest BCUT2D eigenvalue weighted by atomic mass is 16.5. The second-order valence-corrected chi connectivity index (χ2v) is 7.90. The molecule has 0 amide bonds. The van der Waals surface area contributed by atoms with Crippen molar-refractivity contribution >= 4 is 11.8 Å². The Kier molecular flexibility index (Phi) is 8.36. The zero-order valence-electron chi connectivity index (χ0n) is 18.5. The highest BCUT2D eigenvalue weighted by Crippen LogP contribution is 2.25. The predicted octanol–water partition coefficient (Wildman–Crippen LogP) is 3.81. The smallest absolute Gasteiger partial charge is 0.191 e. The van der Waals surface area contributed by atoms with E-state index in [0.717, 1.165) is 50.0 Å². The Hall–Kier alpha value is -2.76. The first-order valence-electron chi connectivity index (χ1n) is 11.1. The van der Waals surface area contributed by atoms with Gasteiger partial charge in [-0.25, -0.2) is 9.98 Å². The van der Waals surface area contributed by atoms with Crippen LogP contribution in [0.2, 0.25) is 0 Å². The summed E-state index contributed by atoms with van der Waals surface area (Å²) in [7, 11) is 0. The number of hydrogen-bond acceptors (Lipinski definition) is 4. The topological polar surface area (TPSA) is 61.8 Å². The van der Waals surface area contributed by atoms with Crippen molar-refractivity contribution < 1.29 is 4.74 Å². The summed E-state index contributed by atoms with van der Waals surface area (Å²) in [4.78, 5) is 11.5. The second kappa shape index (κ2) is 11.4. The number of piperidine rings is 1. The number of aliphatic imine (C=N–C) groups is 1. The molecule has 2 aromatic rings. The molecule has 1 aliphatic rings. The standard InChI is InChI=1S/C24H35N5O/c1-4-25-24(27-15-18-30-22-10-6-5-9-21(22)19(2)3)28-20-12-16-29(17-13-20)23-11-7-8-14-26-23/h5-11,14,19-20H,4,12-13,15-18H2,1-3H3,(H2,25,27,28). The number of pyridine rings is 1. The van der Waals surface area contributed by atoms with Gasteiger partial charge in [0.2, 0.25) is 0 Å². The van der Waals surface area contributed by atoms with Gasteiger partial charge in [0.15, 0.2) is 5.96 Å². The molecule has 0 bridgehead atoms. The van der Waals surface area contributed by atoms with E-state index >= 15 is 0 Å². The number of nitrogens with one attached hydrogen (secondary N) is 2. The molecule has 6 nitrogen and oxygen atoms in total. The fourth-order valence-corrected chi connectivity index (χ4v) is 3.71. The fourth-order valence-electron chi connectivity index (χ4n) is 3.71. The van der Waals surface area contributed by atoms with E-state index in [1.165, 1.54) is 5.56 Å². The number of hydrogen-bond donors (Lipinski definition) is 2. The molecule has 2 heterocycles. The van der Waals surface area contributed by atoms with Gasteiger partial charge in [-0.1, -0.05) is 38.1 Å². The van der Waals surface area contributed by atoms with Crippen LogP contribution in [-0.4, -0.2) is 49.8 Å². The summed E-state index contributed by atoms with van der Waals surface area (Å²) < 4.78 is 6.00. The van der Waals surface area contributed by atoms with Crippen molar-refractivity contribution in [2.24, 2.45) is 4.99 Å². The van der Waals surface area contributed by atoms with Gasteiger partial charge in [0, 0.05) is 31.9 Å². The predicted molar refractivity (Wildman–Crippen MR) is 125 cm³/mol. The van der Waals surface area contributed by atoms with Crippen LogP contribution in [0.25, 0.3) is 0 Å². The van der Waals surface area contributed by atoms with Gasteiger partial charge in [0.25, 0.3) is 0 Å². The van der Waals surface area contributed by atoms with Crippen molar-refractivity contribution in [2.45, 2.75) is 45.6 Å². The van der Waals surface area contributed by atoms with Crippen LogP contribution < -0.4 is 20.3 Å². The minimum atomic E-state index is 0.422. The van der Waals surface area contributed by atoms with Crippen LogP contribution in [0.4, 0.5) is 5.82 Å². The summed E-state index contributed by atoms with van der Waals surface area (Å²) >= 11 is 0. The molecule has 6 heteroatoms. The number of benzene rings is 1. The van der Waals surface area contributed by atoms with Gasteiger partial charge in [0.05, 0.1) is 6.54 Å². The SMILES string of the molecule is CCNC(=NCCOc1ccccc1C(C)C)NC1CCN(c2ccccn2)CC1. The average molecular weight is 410 g/mol. The molecule has 0 radical (unpaired) electrons. The van der Waals surface area contributed by atoms with Crippen molar-refractivity contribution in [1.29, 1.82) is 0 Å². The van der Waals surface area contributed by atoms with Crippen LogP contribution >= 0.6 is 0 Å². The molecular formula is C24H35N5O. The highest BCUT2D eigenvalue weighted by molar-refractivity contribution is 5.80. The Morgan fingerprint density at radius 3 is 2.63 bits per heavy atom. The molecule has 0 aliphatic carbocycles. The maximum absolute atomic E-state index is 6.00. The van der Waals surface area contributed by atoms with Gasteiger partial charge in [-0.05, 0) is 49.4 Å². The van der Waals surface area contributed by atoms with Crippen LogP contribution in [0, 0.1) is 0 Å². The molecule has 1 saturated heterocycles. The van der Waals surface area contributed by atoms with E-state index in [1.807, 2.05) is 30.5 Å². The Morgan fingerprint density at radius 1 is 1.17 bits per heavy atom. The molecule has 162 valence electrons. The average Bonchev–Trinajstić information content (AvgIpc) is 2.78. The number of guanidine groups is 1. The Bertz CT molecular complexity index is 785. The van der Waals surface area contributed by atoms with Crippen molar-refractivity contribution in [1.82, 2.24) is 15.6 Å². The normalized spacial score (nSPS) is 15.3. The third-order valence-electron chi connectivity index (χ3n) is 5.31. The van der Waals surface area contributed by atoms with Gasteiger partial charge < -0.3 is 20.3 Å². The maximum Gasteiger partial charge on any atom is 0.191 e.